The van der Waals surface area contributed by atoms with Crippen molar-refractivity contribution in [1.82, 2.24) is 0 Å². The van der Waals surface area contributed by atoms with E-state index in [0.29, 0.717) is 36.5 Å². The number of esters is 1. The highest BCUT2D eigenvalue weighted by Crippen LogP contribution is 2.75. The van der Waals surface area contributed by atoms with Gasteiger partial charge >= 0.3 is 5.97 Å². The van der Waals surface area contributed by atoms with Crippen LogP contribution in [-0.2, 0) is 14.3 Å². The van der Waals surface area contributed by atoms with Gasteiger partial charge in [0.15, 0.2) is 5.78 Å². The minimum absolute atomic E-state index is 0.0114. The fraction of sp³-hybridized carbons (Fsp3) is 0.652. The molecule has 6 rings (SSSR count). The molecule has 3 fully saturated rings. The number of hydrogen-bond acceptors (Lipinski definition) is 3. The lowest BCUT2D eigenvalue weighted by Crippen LogP contribution is -2.55. The summed E-state index contributed by atoms with van der Waals surface area (Å²) in [6.07, 6.45) is 14.4. The molecule has 1 spiro atoms. The maximum atomic E-state index is 12.0. The maximum Gasteiger partial charge on any atom is 0.306 e. The van der Waals surface area contributed by atoms with Crippen LogP contribution in [0.3, 0.4) is 0 Å². The molecule has 0 radical (unpaired) electrons. The van der Waals surface area contributed by atoms with E-state index in [2.05, 4.69) is 32.1 Å². The van der Waals surface area contributed by atoms with E-state index in [1.54, 1.807) is 0 Å². The minimum atomic E-state index is -0.308. The molecule has 0 amide bonds. The van der Waals surface area contributed by atoms with E-state index in [1.165, 1.54) is 17.6 Å². The van der Waals surface area contributed by atoms with E-state index in [0.717, 1.165) is 19.3 Å². The average Bonchev–Trinajstić information content (AvgIpc) is 3.24. The van der Waals surface area contributed by atoms with E-state index in [-0.39, 0.29) is 28.2 Å². The van der Waals surface area contributed by atoms with Crippen molar-refractivity contribution < 1.29 is 14.3 Å². The van der Waals surface area contributed by atoms with Crippen LogP contribution in [0.5, 0.6) is 0 Å². The molecule has 26 heavy (non-hydrogen) atoms. The SMILES string of the molecule is C[C@]12CCC(=O)C=C1C=CC1C2CC[C@@]2(C)C1[C@@H]1C=C1[C@@]21CCC(=O)O1. The van der Waals surface area contributed by atoms with Crippen molar-refractivity contribution >= 4 is 11.8 Å². The lowest BCUT2D eigenvalue weighted by atomic mass is 9.47. The molecule has 3 unspecified atom stereocenters. The van der Waals surface area contributed by atoms with Crippen LogP contribution in [-0.4, -0.2) is 17.4 Å². The quantitative estimate of drug-likeness (QED) is 0.487. The van der Waals surface area contributed by atoms with Gasteiger partial charge in [0.1, 0.15) is 5.60 Å². The second-order valence-electron chi connectivity index (χ2n) is 9.96. The zero-order chi connectivity index (χ0) is 17.9. The first-order chi connectivity index (χ1) is 12.4. The van der Waals surface area contributed by atoms with Gasteiger partial charge in [-0.3, -0.25) is 9.59 Å². The van der Waals surface area contributed by atoms with E-state index in [4.69, 9.17) is 4.74 Å². The largest absolute Gasteiger partial charge is 0.454 e. The molecule has 3 heteroatoms. The molecule has 1 aliphatic heterocycles. The zero-order valence-corrected chi connectivity index (χ0v) is 15.6. The Morgan fingerprint density at radius 2 is 1.96 bits per heavy atom. The van der Waals surface area contributed by atoms with Crippen LogP contribution in [0.25, 0.3) is 0 Å². The highest BCUT2D eigenvalue weighted by Gasteiger charge is 2.74. The van der Waals surface area contributed by atoms with E-state index < -0.39 is 0 Å². The molecule has 0 aromatic heterocycles. The molecule has 7 atom stereocenters. The lowest BCUT2D eigenvalue weighted by molar-refractivity contribution is -0.161. The molecular weight excluding hydrogens is 324 g/mol. The Balaban J connectivity index is 1.44. The van der Waals surface area contributed by atoms with Gasteiger partial charge in [-0.05, 0) is 59.7 Å². The van der Waals surface area contributed by atoms with Crippen molar-refractivity contribution in [3.8, 4) is 0 Å². The Morgan fingerprint density at radius 3 is 2.73 bits per heavy atom. The molecule has 1 saturated heterocycles. The highest BCUT2D eigenvalue weighted by atomic mass is 16.6. The van der Waals surface area contributed by atoms with Crippen molar-refractivity contribution in [2.75, 3.05) is 0 Å². The van der Waals surface area contributed by atoms with Crippen LogP contribution in [0.15, 0.2) is 35.5 Å². The predicted molar refractivity (Wildman–Crippen MR) is 97.0 cm³/mol. The van der Waals surface area contributed by atoms with Crippen molar-refractivity contribution in [2.45, 2.75) is 58.0 Å². The Kier molecular flexibility index (Phi) is 2.63. The van der Waals surface area contributed by atoms with Crippen molar-refractivity contribution in [2.24, 2.45) is 34.5 Å². The average molecular weight is 350 g/mol. The van der Waals surface area contributed by atoms with Crippen molar-refractivity contribution in [3.63, 3.8) is 0 Å². The molecule has 0 bridgehead atoms. The van der Waals surface area contributed by atoms with E-state index in [9.17, 15) is 9.59 Å². The number of ketones is 1. The molecule has 6 aliphatic rings. The summed E-state index contributed by atoms with van der Waals surface area (Å²) in [7, 11) is 0. The van der Waals surface area contributed by atoms with Gasteiger partial charge < -0.3 is 4.74 Å². The van der Waals surface area contributed by atoms with Crippen LogP contribution in [0, 0.1) is 34.5 Å². The number of rotatable bonds is 0. The van der Waals surface area contributed by atoms with Gasteiger partial charge in [0.2, 0.25) is 0 Å². The number of carbonyl (C=O) groups is 2. The van der Waals surface area contributed by atoms with Gasteiger partial charge in [-0.1, -0.05) is 32.1 Å². The van der Waals surface area contributed by atoms with Gasteiger partial charge in [0, 0.05) is 30.6 Å². The fourth-order valence-electron chi connectivity index (χ4n) is 7.74. The number of carbonyl (C=O) groups excluding carboxylic acids is 2. The van der Waals surface area contributed by atoms with E-state index >= 15 is 0 Å². The number of ether oxygens (including phenoxy) is 1. The third-order valence-corrected chi connectivity index (χ3v) is 9.13. The van der Waals surface area contributed by atoms with Crippen molar-refractivity contribution in [1.29, 1.82) is 0 Å². The summed E-state index contributed by atoms with van der Waals surface area (Å²) >= 11 is 0. The number of hydrogen-bond donors (Lipinski definition) is 0. The topological polar surface area (TPSA) is 43.4 Å². The summed E-state index contributed by atoms with van der Waals surface area (Å²) in [4.78, 5) is 24.0. The number of allylic oxidation sites excluding steroid dienone is 5. The minimum Gasteiger partial charge on any atom is -0.454 e. The summed E-state index contributed by atoms with van der Waals surface area (Å²) < 4.78 is 6.07. The third-order valence-electron chi connectivity index (χ3n) is 9.13. The van der Waals surface area contributed by atoms with Gasteiger partial charge in [-0.2, -0.15) is 0 Å². The van der Waals surface area contributed by atoms with E-state index in [1.807, 2.05) is 6.08 Å². The normalized spacial score (nSPS) is 53.3. The van der Waals surface area contributed by atoms with Crippen LogP contribution in [0.1, 0.15) is 52.4 Å². The second-order valence-corrected chi connectivity index (χ2v) is 9.96. The molecule has 2 saturated carbocycles. The summed E-state index contributed by atoms with van der Waals surface area (Å²) in [6.45, 7) is 4.78. The molecule has 5 aliphatic carbocycles. The summed E-state index contributed by atoms with van der Waals surface area (Å²) in [6, 6.07) is 0. The summed E-state index contributed by atoms with van der Waals surface area (Å²) in [5.74, 6) is 2.49. The molecule has 0 aromatic carbocycles. The Hall–Kier alpha value is -1.64. The number of fused-ring (bicyclic) bond motifs is 9. The fourth-order valence-corrected chi connectivity index (χ4v) is 7.74. The third kappa shape index (κ3) is 1.54. The van der Waals surface area contributed by atoms with Gasteiger partial charge in [-0.25, -0.2) is 0 Å². The Morgan fingerprint density at radius 1 is 1.12 bits per heavy atom. The van der Waals surface area contributed by atoms with Crippen LogP contribution >= 0.6 is 0 Å². The van der Waals surface area contributed by atoms with Crippen molar-refractivity contribution in [3.05, 3.63) is 35.5 Å². The second kappa shape index (κ2) is 4.43. The first-order valence-electron chi connectivity index (χ1n) is 10.3. The van der Waals surface area contributed by atoms with Crippen LogP contribution < -0.4 is 0 Å². The summed E-state index contributed by atoms with van der Waals surface area (Å²) in [5.41, 5.74) is 2.57. The first-order valence-corrected chi connectivity index (χ1v) is 10.3. The monoisotopic (exact) mass is 350 g/mol. The summed E-state index contributed by atoms with van der Waals surface area (Å²) in [5, 5.41) is 0. The van der Waals surface area contributed by atoms with Gasteiger partial charge in [0.25, 0.3) is 0 Å². The lowest BCUT2D eigenvalue weighted by Gasteiger charge is -2.57. The predicted octanol–water partition coefficient (Wildman–Crippen LogP) is 4.15. The van der Waals surface area contributed by atoms with Crippen LogP contribution in [0.2, 0.25) is 0 Å². The highest BCUT2D eigenvalue weighted by molar-refractivity contribution is 5.92. The first kappa shape index (κ1) is 15.4. The molecule has 1 heterocycles. The zero-order valence-electron chi connectivity index (χ0n) is 15.6. The standard InChI is InChI=1S/C23H26O3/c1-21-8-5-14(24)11-13(21)3-4-15-17(21)6-9-22(2)20(15)16-12-18(16)23(22)10-7-19(25)26-23/h3-4,11-12,15-17,20H,5-10H2,1-2H3/t15?,16-,17?,20?,21+,22+,23+/m1/s1. The molecule has 136 valence electrons. The van der Waals surface area contributed by atoms with Crippen LogP contribution in [0.4, 0.5) is 0 Å². The molecule has 0 aromatic rings. The van der Waals surface area contributed by atoms with Gasteiger partial charge in [0.05, 0.1) is 0 Å². The Bertz CT molecular complexity index is 848. The smallest absolute Gasteiger partial charge is 0.306 e. The maximum absolute atomic E-state index is 12.0. The molecule has 3 nitrogen and oxygen atoms in total. The molecule has 0 N–H and O–H groups in total. The van der Waals surface area contributed by atoms with Gasteiger partial charge in [-0.15, -0.1) is 0 Å². The molecular formula is C23H26O3. The Labute approximate surface area is 154 Å².